The Morgan fingerprint density at radius 1 is 1.28 bits per heavy atom. The summed E-state index contributed by atoms with van der Waals surface area (Å²) in [6, 6.07) is 5.52. The minimum atomic E-state index is -0.0871. The smallest absolute Gasteiger partial charge is 0.272 e. The Bertz CT molecular complexity index is 1170. The molecule has 1 N–H and O–H groups in total. The first-order valence-corrected chi connectivity index (χ1v) is 10.7. The van der Waals surface area contributed by atoms with Crippen LogP contribution in [0.15, 0.2) is 39.1 Å². The van der Waals surface area contributed by atoms with Gasteiger partial charge in [-0.1, -0.05) is 19.8 Å². The lowest BCUT2D eigenvalue weighted by Crippen LogP contribution is -2.24. The molecule has 4 aromatic heterocycles. The van der Waals surface area contributed by atoms with Crippen LogP contribution < -0.4 is 10.9 Å². The van der Waals surface area contributed by atoms with Crippen molar-refractivity contribution in [3.63, 3.8) is 0 Å². The van der Waals surface area contributed by atoms with Gasteiger partial charge in [-0.05, 0) is 30.0 Å². The highest BCUT2D eigenvalue weighted by Gasteiger charge is 2.18. The molecule has 1 amide bonds. The summed E-state index contributed by atoms with van der Waals surface area (Å²) >= 11 is 1.43. The van der Waals surface area contributed by atoms with Crippen molar-refractivity contribution < 1.29 is 9.21 Å². The molecule has 8 nitrogen and oxygen atoms in total. The summed E-state index contributed by atoms with van der Waals surface area (Å²) in [6.45, 7) is 3.11. The van der Waals surface area contributed by atoms with Crippen molar-refractivity contribution in [3.8, 4) is 0 Å². The lowest BCUT2D eigenvalue weighted by atomic mass is 10.2. The number of rotatable bonds is 9. The predicted octanol–water partition coefficient (Wildman–Crippen LogP) is 3.14. The Morgan fingerprint density at radius 3 is 2.97 bits per heavy atom. The number of thiophene rings is 1. The molecule has 0 fully saturated rings. The van der Waals surface area contributed by atoms with Crippen molar-refractivity contribution in [1.29, 1.82) is 0 Å². The second kappa shape index (κ2) is 8.60. The number of carbonyl (C=O) groups is 1. The molecule has 0 atom stereocenters. The van der Waals surface area contributed by atoms with E-state index in [4.69, 9.17) is 4.42 Å². The van der Waals surface area contributed by atoms with Crippen molar-refractivity contribution >= 4 is 33.2 Å². The minimum Gasteiger partial charge on any atom is -0.467 e. The molecule has 0 aliphatic heterocycles. The Morgan fingerprint density at radius 2 is 2.17 bits per heavy atom. The average Bonchev–Trinajstić information content (AvgIpc) is 3.47. The van der Waals surface area contributed by atoms with Crippen LogP contribution >= 0.6 is 11.3 Å². The van der Waals surface area contributed by atoms with E-state index in [-0.39, 0.29) is 17.9 Å². The summed E-state index contributed by atoms with van der Waals surface area (Å²) in [5.74, 6) is 1.85. The Kier molecular flexibility index (Phi) is 5.75. The van der Waals surface area contributed by atoms with Crippen molar-refractivity contribution in [2.24, 2.45) is 0 Å². The van der Waals surface area contributed by atoms with E-state index in [1.54, 1.807) is 16.9 Å². The quantitative estimate of drug-likeness (QED) is 0.426. The van der Waals surface area contributed by atoms with E-state index in [0.29, 0.717) is 41.6 Å². The molecule has 0 aromatic carbocycles. The van der Waals surface area contributed by atoms with Crippen LogP contribution in [0.3, 0.4) is 0 Å². The van der Waals surface area contributed by atoms with Gasteiger partial charge in [0.2, 0.25) is 11.7 Å². The number of carbonyl (C=O) groups excluding carboxylic acids is 1. The molecule has 0 aliphatic rings. The minimum absolute atomic E-state index is 0.0197. The fraction of sp³-hybridized carbons (Fsp3) is 0.400. The van der Waals surface area contributed by atoms with E-state index < -0.39 is 0 Å². The lowest BCUT2D eigenvalue weighted by molar-refractivity contribution is -0.121. The van der Waals surface area contributed by atoms with Gasteiger partial charge < -0.3 is 9.73 Å². The number of hydrogen-bond acceptors (Lipinski definition) is 6. The molecule has 9 heteroatoms. The molecule has 152 valence electrons. The third-order valence-electron chi connectivity index (χ3n) is 4.88. The van der Waals surface area contributed by atoms with Crippen molar-refractivity contribution in [3.05, 3.63) is 51.8 Å². The van der Waals surface area contributed by atoms with Crippen LogP contribution in [0.5, 0.6) is 0 Å². The molecular formula is C20H23N5O3S. The Hall–Kier alpha value is -2.94. The number of unbranched alkanes of at least 4 members (excludes halogenated alkanes) is 2. The van der Waals surface area contributed by atoms with Crippen LogP contribution in [0.1, 0.15) is 44.2 Å². The summed E-state index contributed by atoms with van der Waals surface area (Å²) in [7, 11) is 0. The predicted molar refractivity (Wildman–Crippen MR) is 111 cm³/mol. The van der Waals surface area contributed by atoms with E-state index in [0.717, 1.165) is 24.8 Å². The summed E-state index contributed by atoms with van der Waals surface area (Å²) in [5, 5.41) is 13.3. The van der Waals surface area contributed by atoms with Crippen LogP contribution in [-0.2, 0) is 24.3 Å². The average molecular weight is 414 g/mol. The lowest BCUT2D eigenvalue weighted by Gasteiger charge is -2.09. The third kappa shape index (κ3) is 3.95. The van der Waals surface area contributed by atoms with E-state index in [1.165, 1.54) is 11.3 Å². The fourth-order valence-electron chi connectivity index (χ4n) is 3.38. The largest absolute Gasteiger partial charge is 0.467 e. The second-order valence-corrected chi connectivity index (χ2v) is 7.82. The van der Waals surface area contributed by atoms with Gasteiger partial charge in [0, 0.05) is 19.4 Å². The van der Waals surface area contributed by atoms with Gasteiger partial charge in [-0.3, -0.25) is 18.6 Å². The highest BCUT2D eigenvalue weighted by atomic mass is 32.1. The SMILES string of the molecule is CCCCCn1c(=O)c2sccc2n2c(CCC(=O)NCc3ccco3)nnc12. The molecule has 4 heterocycles. The van der Waals surface area contributed by atoms with E-state index in [1.807, 2.05) is 21.9 Å². The maximum atomic E-state index is 12.9. The van der Waals surface area contributed by atoms with E-state index in [2.05, 4.69) is 22.4 Å². The van der Waals surface area contributed by atoms with Gasteiger partial charge in [-0.25, -0.2) is 0 Å². The zero-order valence-electron chi connectivity index (χ0n) is 16.3. The molecule has 0 saturated heterocycles. The molecule has 0 aliphatic carbocycles. The number of amides is 1. The van der Waals surface area contributed by atoms with Crippen molar-refractivity contribution in [2.75, 3.05) is 0 Å². The summed E-state index contributed by atoms with van der Waals surface area (Å²) in [5.41, 5.74) is 0.784. The monoisotopic (exact) mass is 413 g/mol. The number of hydrogen-bond donors (Lipinski definition) is 1. The van der Waals surface area contributed by atoms with Gasteiger partial charge in [0.1, 0.15) is 16.3 Å². The molecule has 0 unspecified atom stereocenters. The first-order valence-electron chi connectivity index (χ1n) is 9.82. The van der Waals surface area contributed by atoms with Gasteiger partial charge in [0.25, 0.3) is 5.56 Å². The van der Waals surface area contributed by atoms with E-state index in [9.17, 15) is 9.59 Å². The summed E-state index contributed by atoms with van der Waals surface area (Å²) in [6.07, 6.45) is 5.34. The molecule has 0 bridgehead atoms. The number of furan rings is 1. The molecule has 0 radical (unpaired) electrons. The van der Waals surface area contributed by atoms with Crippen molar-refractivity contribution in [1.82, 2.24) is 24.5 Å². The Balaban J connectivity index is 1.57. The second-order valence-electron chi connectivity index (χ2n) is 6.91. The first-order chi connectivity index (χ1) is 14.2. The summed E-state index contributed by atoms with van der Waals surface area (Å²) < 4.78 is 9.54. The summed E-state index contributed by atoms with van der Waals surface area (Å²) in [4.78, 5) is 25.1. The standard InChI is InChI=1S/C20H23N5O3S/c1-2-3-4-10-24-19(27)18-15(9-12-29-18)25-16(22-23-20(24)25)7-8-17(26)21-13-14-6-5-11-28-14/h5-6,9,11-12H,2-4,7-8,10,13H2,1H3,(H,21,26). The molecular weight excluding hydrogens is 390 g/mol. The number of aromatic nitrogens is 4. The topological polar surface area (TPSA) is 94.4 Å². The van der Waals surface area contributed by atoms with Crippen LogP contribution in [0, 0.1) is 0 Å². The van der Waals surface area contributed by atoms with Crippen LogP contribution in [0.25, 0.3) is 16.0 Å². The van der Waals surface area contributed by atoms with Gasteiger partial charge in [-0.2, -0.15) is 0 Å². The number of aryl methyl sites for hydroxylation is 2. The maximum absolute atomic E-state index is 12.9. The van der Waals surface area contributed by atoms with Crippen LogP contribution in [0.2, 0.25) is 0 Å². The molecule has 4 rings (SSSR count). The van der Waals surface area contributed by atoms with Crippen molar-refractivity contribution in [2.45, 2.75) is 52.1 Å². The van der Waals surface area contributed by atoms with Gasteiger partial charge in [0.05, 0.1) is 18.3 Å². The first kappa shape index (κ1) is 19.4. The number of nitrogens with zero attached hydrogens (tertiary/aromatic N) is 4. The molecule has 0 spiro atoms. The molecule has 0 saturated carbocycles. The van der Waals surface area contributed by atoms with Crippen LogP contribution in [0.4, 0.5) is 0 Å². The van der Waals surface area contributed by atoms with Crippen LogP contribution in [-0.4, -0.2) is 25.1 Å². The Labute approximate surface area is 171 Å². The number of fused-ring (bicyclic) bond motifs is 3. The highest BCUT2D eigenvalue weighted by molar-refractivity contribution is 7.17. The highest BCUT2D eigenvalue weighted by Crippen LogP contribution is 2.20. The van der Waals surface area contributed by atoms with Gasteiger partial charge >= 0.3 is 0 Å². The molecule has 29 heavy (non-hydrogen) atoms. The zero-order chi connectivity index (χ0) is 20.2. The fourth-order valence-corrected chi connectivity index (χ4v) is 4.20. The van der Waals surface area contributed by atoms with Gasteiger partial charge in [0.15, 0.2) is 0 Å². The maximum Gasteiger partial charge on any atom is 0.272 e. The third-order valence-corrected chi connectivity index (χ3v) is 5.77. The van der Waals surface area contributed by atoms with E-state index >= 15 is 0 Å². The number of nitrogens with one attached hydrogen (secondary N) is 1. The molecule has 4 aromatic rings. The zero-order valence-corrected chi connectivity index (χ0v) is 17.1. The normalized spacial score (nSPS) is 11.5. The van der Waals surface area contributed by atoms with Gasteiger partial charge in [-0.15, -0.1) is 21.5 Å².